The van der Waals surface area contributed by atoms with Crippen molar-refractivity contribution < 1.29 is 9.59 Å². The highest BCUT2D eigenvalue weighted by atomic mass is 16.2. The smallest absolute Gasteiger partial charge is 0.236 e. The van der Waals surface area contributed by atoms with Gasteiger partial charge >= 0.3 is 0 Å². The number of unbranched alkanes of at least 4 members (excludes halogenated alkanes) is 4. The molecule has 1 atom stereocenters. The normalized spacial score (nSPS) is 12.0. The molecule has 2 amide bonds. The first kappa shape index (κ1) is 28.8. The van der Waals surface area contributed by atoms with E-state index in [-0.39, 0.29) is 11.8 Å². The van der Waals surface area contributed by atoms with Crippen LogP contribution in [0.25, 0.3) is 0 Å². The van der Waals surface area contributed by atoms with Gasteiger partial charge in [0.25, 0.3) is 0 Å². The van der Waals surface area contributed by atoms with Crippen molar-refractivity contribution in [3.05, 3.63) is 0 Å². The number of nitrogens with two attached hydrogens (primary N) is 2. The van der Waals surface area contributed by atoms with Crippen LogP contribution in [-0.4, -0.2) is 63.7 Å². The summed E-state index contributed by atoms with van der Waals surface area (Å²) in [5.74, 6) is 0.0421. The highest BCUT2D eigenvalue weighted by Crippen LogP contribution is 2.00. The molecule has 0 saturated heterocycles. The molecule has 0 fully saturated rings. The molecule has 0 rings (SSSR count). The van der Waals surface area contributed by atoms with Gasteiger partial charge in [-0.15, -0.1) is 0 Å². The lowest BCUT2D eigenvalue weighted by molar-refractivity contribution is -0.123. The zero-order chi connectivity index (χ0) is 22.3. The first-order valence-electron chi connectivity index (χ1n) is 12.0. The molecule has 0 radical (unpaired) electrons. The molecule has 0 heterocycles. The number of hydrogen-bond donors (Lipinski definition) is 6. The minimum Gasteiger partial charge on any atom is -0.356 e. The lowest BCUT2D eigenvalue weighted by Crippen LogP contribution is -2.41. The van der Waals surface area contributed by atoms with Crippen LogP contribution in [0.5, 0.6) is 0 Å². The van der Waals surface area contributed by atoms with E-state index in [4.69, 9.17) is 11.5 Å². The molecule has 1 unspecified atom stereocenters. The average Bonchev–Trinajstić information content (AvgIpc) is 2.74. The summed E-state index contributed by atoms with van der Waals surface area (Å²) in [5.41, 5.74) is 11.4. The van der Waals surface area contributed by atoms with Gasteiger partial charge in [-0.2, -0.15) is 0 Å². The summed E-state index contributed by atoms with van der Waals surface area (Å²) in [6.45, 7) is 8.12. The monoisotopic (exact) mass is 428 g/mol. The summed E-state index contributed by atoms with van der Waals surface area (Å²) < 4.78 is 0. The van der Waals surface area contributed by atoms with Gasteiger partial charge in [0, 0.05) is 19.5 Å². The van der Waals surface area contributed by atoms with E-state index in [9.17, 15) is 9.59 Å². The van der Waals surface area contributed by atoms with Crippen molar-refractivity contribution in [2.75, 3.05) is 45.8 Å². The quantitative estimate of drug-likeness (QED) is 0.142. The van der Waals surface area contributed by atoms with Gasteiger partial charge in [-0.05, 0) is 84.1 Å². The maximum absolute atomic E-state index is 12.0. The number of carbonyl (C=O) groups is 2. The number of rotatable bonds is 22. The highest BCUT2D eigenvalue weighted by molar-refractivity contribution is 5.81. The van der Waals surface area contributed by atoms with Gasteiger partial charge in [0.15, 0.2) is 0 Å². The molecule has 8 nitrogen and oxygen atoms in total. The zero-order valence-corrected chi connectivity index (χ0v) is 19.3. The van der Waals surface area contributed by atoms with Gasteiger partial charge in [0.05, 0.1) is 6.04 Å². The maximum Gasteiger partial charge on any atom is 0.236 e. The van der Waals surface area contributed by atoms with Crippen molar-refractivity contribution >= 4 is 11.8 Å². The zero-order valence-electron chi connectivity index (χ0n) is 19.3. The number of carbonyl (C=O) groups excluding carboxylic acids is 2. The molecule has 0 saturated carbocycles. The Morgan fingerprint density at radius 1 is 0.733 bits per heavy atom. The molecular formula is C22H48N6O2. The summed E-state index contributed by atoms with van der Waals surface area (Å²) in [6.07, 6.45) is 10.4. The number of amides is 2. The molecule has 0 aromatic heterocycles. The summed E-state index contributed by atoms with van der Waals surface area (Å²) in [6, 6.07) is -0.468. The molecule has 8 N–H and O–H groups in total. The number of nitrogens with one attached hydrogen (secondary N) is 4. The summed E-state index contributed by atoms with van der Waals surface area (Å²) in [7, 11) is 0. The average molecular weight is 429 g/mol. The second-order valence-electron chi connectivity index (χ2n) is 7.90. The number of hydrogen-bond acceptors (Lipinski definition) is 6. The molecule has 0 aliphatic rings. The van der Waals surface area contributed by atoms with E-state index < -0.39 is 6.04 Å². The Labute approximate surface area is 184 Å². The molecular weight excluding hydrogens is 380 g/mol. The Balaban J connectivity index is 3.40. The fourth-order valence-corrected chi connectivity index (χ4v) is 3.01. The largest absolute Gasteiger partial charge is 0.356 e. The topological polar surface area (TPSA) is 134 Å². The van der Waals surface area contributed by atoms with Crippen LogP contribution in [0.1, 0.15) is 77.6 Å². The lowest BCUT2D eigenvalue weighted by Gasteiger charge is -2.12. The Morgan fingerprint density at radius 2 is 1.33 bits per heavy atom. The van der Waals surface area contributed by atoms with Crippen LogP contribution in [-0.2, 0) is 9.59 Å². The van der Waals surface area contributed by atoms with Crippen LogP contribution in [0.3, 0.4) is 0 Å². The molecule has 0 aromatic carbocycles. The van der Waals surface area contributed by atoms with Gasteiger partial charge in [-0.3, -0.25) is 9.59 Å². The van der Waals surface area contributed by atoms with Crippen molar-refractivity contribution in [3.63, 3.8) is 0 Å². The van der Waals surface area contributed by atoms with E-state index in [0.717, 1.165) is 90.5 Å². The molecule has 0 spiro atoms. The van der Waals surface area contributed by atoms with Crippen molar-refractivity contribution in [2.24, 2.45) is 11.5 Å². The van der Waals surface area contributed by atoms with E-state index in [1.807, 2.05) is 0 Å². The van der Waals surface area contributed by atoms with E-state index in [1.165, 1.54) is 0 Å². The lowest BCUT2D eigenvalue weighted by atomic mass is 10.1. The minimum absolute atomic E-state index is 0.0813. The Bertz CT molecular complexity index is 409. The van der Waals surface area contributed by atoms with E-state index >= 15 is 0 Å². The first-order valence-corrected chi connectivity index (χ1v) is 12.0. The van der Waals surface area contributed by atoms with E-state index in [0.29, 0.717) is 25.9 Å². The van der Waals surface area contributed by atoms with Crippen molar-refractivity contribution in [1.29, 1.82) is 0 Å². The van der Waals surface area contributed by atoms with Gasteiger partial charge in [0.1, 0.15) is 0 Å². The van der Waals surface area contributed by atoms with Crippen molar-refractivity contribution in [1.82, 2.24) is 21.3 Å². The summed E-state index contributed by atoms with van der Waals surface area (Å²) in [5, 5.41) is 12.6. The Hall–Kier alpha value is -1.22. The van der Waals surface area contributed by atoms with Crippen LogP contribution in [0.15, 0.2) is 0 Å². The van der Waals surface area contributed by atoms with Gasteiger partial charge in [-0.1, -0.05) is 19.8 Å². The molecule has 0 aliphatic heterocycles. The molecule has 30 heavy (non-hydrogen) atoms. The van der Waals surface area contributed by atoms with Crippen LogP contribution in [0.2, 0.25) is 0 Å². The van der Waals surface area contributed by atoms with Crippen LogP contribution in [0, 0.1) is 0 Å². The van der Waals surface area contributed by atoms with Gasteiger partial charge in [-0.25, -0.2) is 0 Å². The molecule has 0 aliphatic carbocycles. The summed E-state index contributed by atoms with van der Waals surface area (Å²) in [4.78, 5) is 23.6. The van der Waals surface area contributed by atoms with Gasteiger partial charge < -0.3 is 32.7 Å². The predicted octanol–water partition coefficient (Wildman–Crippen LogP) is 0.995. The predicted molar refractivity (Wildman–Crippen MR) is 125 cm³/mol. The van der Waals surface area contributed by atoms with Gasteiger partial charge in [0.2, 0.25) is 11.8 Å². The molecule has 0 aromatic rings. The van der Waals surface area contributed by atoms with Crippen LogP contribution >= 0.6 is 0 Å². The van der Waals surface area contributed by atoms with Crippen molar-refractivity contribution in [3.8, 4) is 0 Å². The molecule has 0 bridgehead atoms. The summed E-state index contributed by atoms with van der Waals surface area (Å²) >= 11 is 0. The standard InChI is InChI=1S/C22H48N6O2/c1-2-3-4-12-21(29)27-18-6-5-11-20(24)22(30)28-19-10-17-26-15-8-7-14-25-16-9-13-23/h20,25-26H,2-19,23-24H2,1H3,(H,27,29)(H,28,30). The van der Waals surface area contributed by atoms with Crippen LogP contribution < -0.4 is 32.7 Å². The SMILES string of the molecule is CCCCCC(=O)NCCCCC(N)C(=O)NCCCNCCCCNCCCN. The van der Waals surface area contributed by atoms with Crippen LogP contribution in [0.4, 0.5) is 0 Å². The Kier molecular flexibility index (Phi) is 21.6. The molecule has 178 valence electrons. The van der Waals surface area contributed by atoms with E-state index in [1.54, 1.807) is 0 Å². The Morgan fingerprint density at radius 3 is 2.00 bits per heavy atom. The third-order valence-electron chi connectivity index (χ3n) is 4.95. The third-order valence-corrected chi connectivity index (χ3v) is 4.95. The maximum atomic E-state index is 12.0. The van der Waals surface area contributed by atoms with Crippen molar-refractivity contribution in [2.45, 2.75) is 83.6 Å². The third kappa shape index (κ3) is 20.1. The fraction of sp³-hybridized carbons (Fsp3) is 0.909. The molecule has 8 heteroatoms. The second-order valence-corrected chi connectivity index (χ2v) is 7.90. The van der Waals surface area contributed by atoms with E-state index in [2.05, 4.69) is 28.2 Å². The minimum atomic E-state index is -0.468. The first-order chi connectivity index (χ1) is 14.6. The highest BCUT2D eigenvalue weighted by Gasteiger charge is 2.12. The fourth-order valence-electron chi connectivity index (χ4n) is 3.01. The second kappa shape index (κ2) is 22.5.